The molecule has 5 heteroatoms. The molecule has 3 aromatic rings. The Hall–Kier alpha value is -1.88. The number of fused-ring (bicyclic) bond motifs is 1. The van der Waals surface area contributed by atoms with Crippen LogP contribution in [0.25, 0.3) is 0 Å². The maximum atomic E-state index is 11.8. The topological polar surface area (TPSA) is 69.9 Å². The van der Waals surface area contributed by atoms with Crippen molar-refractivity contribution in [2.45, 2.75) is 17.9 Å². The normalized spacial score (nSPS) is 20.9. The summed E-state index contributed by atoms with van der Waals surface area (Å²) in [5.74, 6) is 0.541. The number of ether oxygens (including phenoxy) is 1. The molecule has 4 rings (SSSR count). The van der Waals surface area contributed by atoms with Crippen LogP contribution in [0, 0.1) is 0 Å². The minimum Gasteiger partial charge on any atom is -0.508 e. The van der Waals surface area contributed by atoms with Crippen LogP contribution in [-0.2, 0) is 44.7 Å². The second kappa shape index (κ2) is 8.01. The molecule has 0 spiro atoms. The van der Waals surface area contributed by atoms with Crippen molar-refractivity contribution in [3.8, 4) is 17.2 Å². The summed E-state index contributed by atoms with van der Waals surface area (Å²) in [6.07, 6.45) is 0.369. The fourth-order valence-corrected chi connectivity index (χ4v) is 3.69. The molecule has 0 aliphatic carbocycles. The Bertz CT molecular complexity index is 911. The molecule has 3 aromatic carbocycles. The Labute approximate surface area is 183 Å². The van der Waals surface area contributed by atoms with Gasteiger partial charge in [0.2, 0.25) is 0 Å². The Morgan fingerprint density at radius 2 is 1.56 bits per heavy atom. The summed E-state index contributed by atoms with van der Waals surface area (Å²) in [4.78, 5) is 0. The van der Waals surface area contributed by atoms with Gasteiger partial charge < -0.3 is 20.1 Å². The van der Waals surface area contributed by atoms with Gasteiger partial charge in [-0.25, -0.2) is 0 Å². The van der Waals surface area contributed by atoms with Crippen molar-refractivity contribution in [2.24, 2.45) is 0 Å². The molecule has 0 aromatic heterocycles. The molecule has 3 N–H and O–H groups in total. The van der Waals surface area contributed by atoms with Gasteiger partial charge in [0.1, 0.15) is 22.8 Å². The van der Waals surface area contributed by atoms with E-state index in [0.717, 1.165) is 11.1 Å². The van der Waals surface area contributed by atoms with Crippen LogP contribution in [0.3, 0.4) is 0 Å². The Kier molecular flexibility index (Phi) is 5.90. The third-order valence-electron chi connectivity index (χ3n) is 5.03. The number of phenols is 2. The summed E-state index contributed by atoms with van der Waals surface area (Å²) in [6, 6.07) is 21.5. The average Bonchev–Trinajstić information content (AvgIpc) is 2.64. The predicted octanol–water partition coefficient (Wildman–Crippen LogP) is 3.70. The van der Waals surface area contributed by atoms with Gasteiger partial charge in [0.25, 0.3) is 0 Å². The molecular formula is C22H20O4Y. The van der Waals surface area contributed by atoms with E-state index in [1.807, 2.05) is 42.5 Å². The summed E-state index contributed by atoms with van der Waals surface area (Å²) < 4.78 is 5.86. The quantitative estimate of drug-likeness (QED) is 0.585. The fourth-order valence-electron chi connectivity index (χ4n) is 3.69. The smallest absolute Gasteiger partial charge is 0.129 e. The first-order chi connectivity index (χ1) is 12.6. The van der Waals surface area contributed by atoms with E-state index in [-0.39, 0.29) is 50.1 Å². The first-order valence-electron chi connectivity index (χ1n) is 8.58. The van der Waals surface area contributed by atoms with Crippen molar-refractivity contribution < 1.29 is 52.8 Å². The van der Waals surface area contributed by atoms with E-state index in [2.05, 4.69) is 0 Å². The van der Waals surface area contributed by atoms with Crippen LogP contribution in [-0.4, -0.2) is 21.9 Å². The minimum absolute atomic E-state index is 0. The zero-order valence-electron chi connectivity index (χ0n) is 14.7. The van der Waals surface area contributed by atoms with E-state index < -0.39 is 5.60 Å². The molecule has 27 heavy (non-hydrogen) atoms. The third-order valence-corrected chi connectivity index (χ3v) is 5.03. The molecule has 1 radical (unpaired) electrons. The van der Waals surface area contributed by atoms with Gasteiger partial charge in [-0.3, -0.25) is 0 Å². The van der Waals surface area contributed by atoms with Gasteiger partial charge in [-0.15, -0.1) is 0 Å². The second-order valence-electron chi connectivity index (χ2n) is 6.72. The maximum Gasteiger partial charge on any atom is 0.129 e. The van der Waals surface area contributed by atoms with Gasteiger partial charge in [0.05, 0.1) is 12.5 Å². The first kappa shape index (κ1) is 19.9. The van der Waals surface area contributed by atoms with Gasteiger partial charge in [-0.1, -0.05) is 42.5 Å². The van der Waals surface area contributed by atoms with Gasteiger partial charge in [0, 0.05) is 50.8 Å². The molecule has 0 bridgehead atoms. The second-order valence-corrected chi connectivity index (χ2v) is 6.72. The van der Waals surface area contributed by atoms with Crippen molar-refractivity contribution in [3.05, 3.63) is 89.5 Å². The summed E-state index contributed by atoms with van der Waals surface area (Å²) in [6.45, 7) is 0.315. The summed E-state index contributed by atoms with van der Waals surface area (Å²) in [5, 5.41) is 31.1. The fraction of sp³-hybridized carbons (Fsp3) is 0.182. The molecule has 0 saturated heterocycles. The number of phenolic OH excluding ortho intramolecular Hbond substituents is 2. The Morgan fingerprint density at radius 3 is 2.26 bits per heavy atom. The van der Waals surface area contributed by atoms with E-state index in [9.17, 15) is 15.3 Å². The number of aliphatic hydroxyl groups is 1. The first-order valence-corrected chi connectivity index (χ1v) is 8.58. The number of aromatic hydroxyl groups is 2. The molecule has 0 amide bonds. The predicted molar refractivity (Wildman–Crippen MR) is 98.5 cm³/mol. The molecule has 1 aliphatic heterocycles. The minimum atomic E-state index is -1.19. The molecule has 0 saturated carbocycles. The van der Waals surface area contributed by atoms with E-state index in [4.69, 9.17) is 4.74 Å². The van der Waals surface area contributed by atoms with Gasteiger partial charge in [-0.05, 0) is 35.4 Å². The van der Waals surface area contributed by atoms with Crippen LogP contribution in [0.15, 0.2) is 72.8 Å². The number of benzene rings is 3. The largest absolute Gasteiger partial charge is 0.508 e. The number of rotatable bonds is 3. The average molecular weight is 437 g/mol. The van der Waals surface area contributed by atoms with Crippen LogP contribution in [0.5, 0.6) is 17.2 Å². The molecular weight excluding hydrogens is 417 g/mol. The van der Waals surface area contributed by atoms with E-state index in [0.29, 0.717) is 24.3 Å². The van der Waals surface area contributed by atoms with Crippen molar-refractivity contribution in [3.63, 3.8) is 0 Å². The summed E-state index contributed by atoms with van der Waals surface area (Å²) in [7, 11) is 0. The Balaban J connectivity index is 0.00000210. The SMILES string of the molecule is Oc1ccc(CC2(O)c3ccc(O)cc3OCC2c2ccccc2)cc1.[Y]. The van der Waals surface area contributed by atoms with E-state index >= 15 is 0 Å². The standard InChI is InChI=1S/C22H20O4.Y/c23-17-8-6-15(7-9-17)13-22(25)19-11-10-18(24)12-21(19)26-14-20(22)16-4-2-1-3-5-16;/h1-12,20,23-25H,13-14H2;. The number of hydrogen-bond acceptors (Lipinski definition) is 4. The molecule has 0 fully saturated rings. The van der Waals surface area contributed by atoms with Crippen molar-refractivity contribution in [1.29, 1.82) is 0 Å². The van der Waals surface area contributed by atoms with Crippen LogP contribution in [0.4, 0.5) is 0 Å². The molecule has 1 heterocycles. The number of hydrogen-bond donors (Lipinski definition) is 3. The molecule has 1 aliphatic rings. The van der Waals surface area contributed by atoms with Gasteiger partial charge in [0.15, 0.2) is 0 Å². The van der Waals surface area contributed by atoms with Gasteiger partial charge >= 0.3 is 0 Å². The molecule has 2 atom stereocenters. The molecule has 2 unspecified atom stereocenters. The van der Waals surface area contributed by atoms with Crippen LogP contribution in [0.1, 0.15) is 22.6 Å². The third kappa shape index (κ3) is 3.89. The van der Waals surface area contributed by atoms with Crippen LogP contribution in [0.2, 0.25) is 0 Å². The molecule has 135 valence electrons. The van der Waals surface area contributed by atoms with E-state index in [1.165, 1.54) is 0 Å². The zero-order chi connectivity index (χ0) is 18.1. The summed E-state index contributed by atoms with van der Waals surface area (Å²) >= 11 is 0. The zero-order valence-corrected chi connectivity index (χ0v) is 17.6. The molecule has 4 nitrogen and oxygen atoms in total. The van der Waals surface area contributed by atoms with Crippen LogP contribution < -0.4 is 4.74 Å². The monoisotopic (exact) mass is 437 g/mol. The van der Waals surface area contributed by atoms with Crippen molar-refractivity contribution in [1.82, 2.24) is 0 Å². The van der Waals surface area contributed by atoms with E-state index in [1.54, 1.807) is 30.3 Å². The maximum absolute atomic E-state index is 11.8. The van der Waals surface area contributed by atoms with Crippen molar-refractivity contribution >= 4 is 0 Å². The summed E-state index contributed by atoms with van der Waals surface area (Å²) in [5.41, 5.74) is 1.36. The van der Waals surface area contributed by atoms with Crippen molar-refractivity contribution in [2.75, 3.05) is 6.61 Å². The Morgan fingerprint density at radius 1 is 0.889 bits per heavy atom. The van der Waals surface area contributed by atoms with Crippen LogP contribution >= 0.6 is 0 Å². The van der Waals surface area contributed by atoms with Gasteiger partial charge in [-0.2, -0.15) is 0 Å².